The van der Waals surface area contributed by atoms with Crippen LogP contribution < -0.4 is 9.88 Å². The Morgan fingerprint density at radius 1 is 1.10 bits per heavy atom. The molecule has 0 aliphatic carbocycles. The zero-order valence-corrected chi connectivity index (χ0v) is 21.7. The summed E-state index contributed by atoms with van der Waals surface area (Å²) in [7, 11) is -5.73. The lowest BCUT2D eigenvalue weighted by Gasteiger charge is -2.39. The van der Waals surface area contributed by atoms with Crippen LogP contribution >= 0.6 is 15.9 Å². The minimum absolute atomic E-state index is 0.0651. The molecule has 1 atom stereocenters. The predicted molar refractivity (Wildman–Crippen MR) is 129 cm³/mol. The van der Waals surface area contributed by atoms with Crippen LogP contribution in [0.3, 0.4) is 0 Å². The fourth-order valence-electron chi connectivity index (χ4n) is 2.73. The largest absolute Gasteiger partial charge is 0.489 e. The SMILES string of the molecule is CC(C)(C)[Si](C)(C)OC(CBr)c1ccc(OCc2ccccc2)c(CS(N)(=O)=O)c1. The summed E-state index contributed by atoms with van der Waals surface area (Å²) in [6, 6.07) is 15.3. The molecule has 2 rings (SSSR count). The third-order valence-corrected chi connectivity index (χ3v) is 11.2. The van der Waals surface area contributed by atoms with Gasteiger partial charge in [0, 0.05) is 10.9 Å². The molecule has 0 aromatic heterocycles. The van der Waals surface area contributed by atoms with Gasteiger partial charge in [-0.2, -0.15) is 0 Å². The molecule has 0 fully saturated rings. The van der Waals surface area contributed by atoms with Crippen LogP contribution in [0.1, 0.15) is 43.6 Å². The lowest BCUT2D eigenvalue weighted by Crippen LogP contribution is -2.42. The summed E-state index contributed by atoms with van der Waals surface area (Å²) in [6.45, 7) is 11.3. The van der Waals surface area contributed by atoms with Crippen LogP contribution in [0.15, 0.2) is 48.5 Å². The average Bonchev–Trinajstić information content (AvgIpc) is 2.63. The van der Waals surface area contributed by atoms with Gasteiger partial charge in [0.25, 0.3) is 0 Å². The van der Waals surface area contributed by atoms with Crippen LogP contribution in [0, 0.1) is 0 Å². The fourth-order valence-corrected chi connectivity index (χ4v) is 5.42. The van der Waals surface area contributed by atoms with Crippen LogP contribution in [-0.4, -0.2) is 22.1 Å². The quantitative estimate of drug-likeness (QED) is 0.354. The molecule has 2 aromatic rings. The van der Waals surface area contributed by atoms with Crippen molar-refractivity contribution in [1.29, 1.82) is 0 Å². The van der Waals surface area contributed by atoms with E-state index >= 15 is 0 Å². The smallest absolute Gasteiger partial charge is 0.213 e. The molecule has 0 radical (unpaired) electrons. The molecule has 0 saturated heterocycles. The molecule has 5 nitrogen and oxygen atoms in total. The van der Waals surface area contributed by atoms with E-state index in [0.717, 1.165) is 11.1 Å². The fraction of sp³-hybridized carbons (Fsp3) is 0.455. The second-order valence-corrected chi connectivity index (χ2v) is 16.0. The Morgan fingerprint density at radius 2 is 1.73 bits per heavy atom. The van der Waals surface area contributed by atoms with Crippen molar-refractivity contribution in [1.82, 2.24) is 0 Å². The van der Waals surface area contributed by atoms with E-state index in [-0.39, 0.29) is 16.9 Å². The molecule has 0 heterocycles. The number of hydrogen-bond acceptors (Lipinski definition) is 4. The van der Waals surface area contributed by atoms with Gasteiger partial charge in [0.15, 0.2) is 8.32 Å². The highest BCUT2D eigenvalue weighted by molar-refractivity contribution is 9.09. The monoisotopic (exact) mass is 513 g/mol. The zero-order chi connectivity index (χ0) is 22.6. The number of alkyl halides is 1. The van der Waals surface area contributed by atoms with Crippen molar-refractivity contribution in [2.24, 2.45) is 5.14 Å². The Kier molecular flexibility index (Phi) is 8.32. The minimum Gasteiger partial charge on any atom is -0.489 e. The first kappa shape index (κ1) is 25.1. The summed E-state index contributed by atoms with van der Waals surface area (Å²) in [5.74, 6) is 0.220. The number of halogens is 1. The van der Waals surface area contributed by atoms with Crippen LogP contribution in [-0.2, 0) is 26.8 Å². The summed E-state index contributed by atoms with van der Waals surface area (Å²) in [5, 5.41) is 6.02. The molecular weight excluding hydrogens is 482 g/mol. The van der Waals surface area contributed by atoms with Gasteiger partial charge in [-0.3, -0.25) is 0 Å². The summed E-state index contributed by atoms with van der Waals surface area (Å²) in [4.78, 5) is 0. The second kappa shape index (κ2) is 9.95. The summed E-state index contributed by atoms with van der Waals surface area (Å²) in [6.07, 6.45) is -0.187. The van der Waals surface area contributed by atoms with Gasteiger partial charge in [-0.15, -0.1) is 0 Å². The Balaban J connectivity index is 2.33. The second-order valence-electron chi connectivity index (χ2n) is 8.97. The third kappa shape index (κ3) is 7.20. The van der Waals surface area contributed by atoms with Gasteiger partial charge in [-0.25, -0.2) is 13.6 Å². The number of benzene rings is 2. The number of rotatable bonds is 9. The van der Waals surface area contributed by atoms with E-state index in [2.05, 4.69) is 49.8 Å². The van der Waals surface area contributed by atoms with Gasteiger partial charge >= 0.3 is 0 Å². The first-order valence-electron chi connectivity index (χ1n) is 9.86. The minimum atomic E-state index is -3.71. The van der Waals surface area contributed by atoms with Crippen molar-refractivity contribution in [2.45, 2.75) is 57.4 Å². The standard InChI is InChI=1S/C22H32BrNO4SSi/c1-22(2,3)30(4,5)28-21(14-23)18-11-12-20(19(13-18)16-29(24,25)26)27-15-17-9-7-6-8-10-17/h6-13,21H,14-16H2,1-5H3,(H2,24,25,26). The molecular formula is C22H32BrNO4SSi. The molecule has 0 aliphatic heterocycles. The maximum Gasteiger partial charge on any atom is 0.213 e. The van der Waals surface area contributed by atoms with Gasteiger partial charge in [0.2, 0.25) is 10.0 Å². The highest BCUT2D eigenvalue weighted by Crippen LogP contribution is 2.40. The van der Waals surface area contributed by atoms with Crippen molar-refractivity contribution >= 4 is 34.3 Å². The molecule has 0 aliphatic rings. The highest BCUT2D eigenvalue weighted by atomic mass is 79.9. The van der Waals surface area contributed by atoms with E-state index in [1.807, 2.05) is 48.5 Å². The van der Waals surface area contributed by atoms with E-state index in [9.17, 15) is 8.42 Å². The molecule has 0 amide bonds. The van der Waals surface area contributed by atoms with Crippen molar-refractivity contribution in [3.05, 3.63) is 65.2 Å². The Bertz CT molecular complexity index is 943. The van der Waals surface area contributed by atoms with Crippen LogP contribution in [0.4, 0.5) is 0 Å². The van der Waals surface area contributed by atoms with E-state index in [1.165, 1.54) is 0 Å². The van der Waals surface area contributed by atoms with Gasteiger partial charge in [-0.05, 0) is 41.4 Å². The van der Waals surface area contributed by atoms with E-state index in [4.69, 9.17) is 14.3 Å². The predicted octanol–water partition coefficient (Wildman–Crippen LogP) is 5.51. The number of primary sulfonamides is 1. The first-order valence-corrected chi connectivity index (χ1v) is 15.6. The number of hydrogen-bond donors (Lipinski definition) is 1. The molecule has 2 aromatic carbocycles. The Morgan fingerprint density at radius 3 is 2.27 bits per heavy atom. The Hall–Kier alpha value is -1.19. The first-order chi connectivity index (χ1) is 13.8. The van der Waals surface area contributed by atoms with Crippen molar-refractivity contribution < 1.29 is 17.6 Å². The number of nitrogens with two attached hydrogens (primary N) is 1. The van der Waals surface area contributed by atoms with Gasteiger partial charge in [0.1, 0.15) is 12.4 Å². The molecule has 8 heteroatoms. The zero-order valence-electron chi connectivity index (χ0n) is 18.3. The van der Waals surface area contributed by atoms with Crippen LogP contribution in [0.5, 0.6) is 5.75 Å². The van der Waals surface area contributed by atoms with Crippen molar-refractivity contribution in [3.8, 4) is 5.75 Å². The lowest BCUT2D eigenvalue weighted by atomic mass is 10.1. The topological polar surface area (TPSA) is 78.6 Å². The van der Waals surface area contributed by atoms with Crippen LogP contribution in [0.2, 0.25) is 18.1 Å². The van der Waals surface area contributed by atoms with Crippen molar-refractivity contribution in [3.63, 3.8) is 0 Å². The third-order valence-electron chi connectivity index (χ3n) is 5.43. The number of sulfonamides is 1. The molecule has 0 saturated carbocycles. The maximum atomic E-state index is 11.8. The maximum absolute atomic E-state index is 11.8. The molecule has 0 spiro atoms. The number of ether oxygens (including phenoxy) is 1. The summed E-state index contributed by atoms with van der Waals surface area (Å²) in [5.41, 5.74) is 2.45. The molecule has 1 unspecified atom stereocenters. The molecule has 2 N–H and O–H groups in total. The molecule has 30 heavy (non-hydrogen) atoms. The summed E-state index contributed by atoms with van der Waals surface area (Å²) >= 11 is 3.56. The van der Waals surface area contributed by atoms with Gasteiger partial charge in [-0.1, -0.05) is 73.1 Å². The Labute approximate surface area is 190 Å². The van der Waals surface area contributed by atoms with E-state index < -0.39 is 18.3 Å². The lowest BCUT2D eigenvalue weighted by molar-refractivity contribution is 0.208. The highest BCUT2D eigenvalue weighted by Gasteiger charge is 2.39. The molecule has 0 bridgehead atoms. The van der Waals surface area contributed by atoms with Crippen molar-refractivity contribution in [2.75, 3.05) is 5.33 Å². The molecule has 166 valence electrons. The van der Waals surface area contributed by atoms with E-state index in [1.54, 1.807) is 0 Å². The average molecular weight is 515 g/mol. The van der Waals surface area contributed by atoms with Gasteiger partial charge < -0.3 is 9.16 Å². The normalized spacial score (nSPS) is 13.8. The van der Waals surface area contributed by atoms with E-state index in [0.29, 0.717) is 23.2 Å². The van der Waals surface area contributed by atoms with Crippen LogP contribution in [0.25, 0.3) is 0 Å². The van der Waals surface area contributed by atoms with Gasteiger partial charge in [0.05, 0.1) is 11.9 Å². The summed E-state index contributed by atoms with van der Waals surface area (Å²) < 4.78 is 36.1.